The van der Waals surface area contributed by atoms with Crippen LogP contribution in [-0.2, 0) is 23.8 Å². The zero-order valence-corrected chi connectivity index (χ0v) is 19.9. The van der Waals surface area contributed by atoms with Crippen LogP contribution in [0.25, 0.3) is 0 Å². The topological polar surface area (TPSA) is 119 Å². The van der Waals surface area contributed by atoms with Crippen molar-refractivity contribution in [3.8, 4) is 5.75 Å². The fraction of sp³-hybridized carbons (Fsp3) is 0.474. The van der Waals surface area contributed by atoms with Crippen LogP contribution >= 0.6 is 0 Å². The first-order valence-corrected chi connectivity index (χ1v) is 14.8. The molecule has 0 saturated heterocycles. The normalized spacial score (nSPS) is 17.0. The van der Waals surface area contributed by atoms with Crippen molar-refractivity contribution >= 4 is 30.1 Å². The molecule has 1 aliphatic rings. The van der Waals surface area contributed by atoms with Gasteiger partial charge in [-0.25, -0.2) is 4.79 Å². The van der Waals surface area contributed by atoms with Crippen molar-refractivity contribution in [2.24, 2.45) is 0 Å². The van der Waals surface area contributed by atoms with E-state index in [0.717, 1.165) is 6.04 Å². The van der Waals surface area contributed by atoms with E-state index in [0.29, 0.717) is 17.7 Å². The molecule has 0 aromatic heterocycles. The number of carboxylic acid groups (broad SMARTS) is 1. The lowest BCUT2D eigenvalue weighted by Crippen LogP contribution is -2.38. The summed E-state index contributed by atoms with van der Waals surface area (Å²) >= 11 is 0. The Morgan fingerprint density at radius 3 is 2.48 bits per heavy atom. The van der Waals surface area contributed by atoms with Gasteiger partial charge in [0, 0.05) is 32.9 Å². The number of alkyl halides is 3. The van der Waals surface area contributed by atoms with Crippen molar-refractivity contribution in [1.82, 2.24) is 4.90 Å². The van der Waals surface area contributed by atoms with Crippen LogP contribution in [0.2, 0.25) is 25.7 Å². The minimum atomic E-state index is -6.01. The van der Waals surface area contributed by atoms with Gasteiger partial charge in [0.1, 0.15) is 17.6 Å². The van der Waals surface area contributed by atoms with Gasteiger partial charge < -0.3 is 18.8 Å². The zero-order valence-electron chi connectivity index (χ0n) is 18.1. The van der Waals surface area contributed by atoms with Gasteiger partial charge in [-0.3, -0.25) is 9.69 Å². The SMILES string of the molecule is C[Si](C)(C)CCOCOc1cccc(C(=O)N2C=C(OS(=O)(=O)C(F)(F)F)C[C@H]2C(=O)O)c1. The first-order valence-electron chi connectivity index (χ1n) is 9.68. The molecule has 0 saturated carbocycles. The van der Waals surface area contributed by atoms with Crippen LogP contribution in [0.4, 0.5) is 13.2 Å². The number of carbonyl (C=O) groups excluding carboxylic acids is 1. The molecule has 1 N–H and O–H groups in total. The van der Waals surface area contributed by atoms with Crippen LogP contribution in [0.3, 0.4) is 0 Å². The van der Waals surface area contributed by atoms with Gasteiger partial charge >= 0.3 is 21.6 Å². The first-order chi connectivity index (χ1) is 15.1. The van der Waals surface area contributed by atoms with Gasteiger partial charge in [-0.2, -0.15) is 21.6 Å². The fourth-order valence-corrected chi connectivity index (χ4v) is 3.90. The van der Waals surface area contributed by atoms with E-state index in [1.165, 1.54) is 24.3 Å². The quantitative estimate of drug-likeness (QED) is 0.167. The maximum Gasteiger partial charge on any atom is 0.534 e. The van der Waals surface area contributed by atoms with Crippen LogP contribution in [-0.4, -0.2) is 63.3 Å². The van der Waals surface area contributed by atoms with E-state index in [4.69, 9.17) is 9.47 Å². The first kappa shape index (κ1) is 26.7. The molecule has 1 aliphatic heterocycles. The largest absolute Gasteiger partial charge is 0.534 e. The van der Waals surface area contributed by atoms with Gasteiger partial charge in [0.05, 0.1) is 0 Å². The highest BCUT2D eigenvalue weighted by molar-refractivity contribution is 7.87. The Hall–Kier alpha value is -2.58. The maximum absolute atomic E-state index is 12.8. The summed E-state index contributed by atoms with van der Waals surface area (Å²) in [6.07, 6.45) is -0.116. The minimum absolute atomic E-state index is 0.0305. The van der Waals surface area contributed by atoms with Gasteiger partial charge in [0.25, 0.3) is 5.91 Å². The summed E-state index contributed by atoms with van der Waals surface area (Å²) in [6.45, 7) is 7.02. The minimum Gasteiger partial charge on any atom is -0.480 e. The fourth-order valence-electron chi connectivity index (χ4n) is 2.65. The summed E-state index contributed by atoms with van der Waals surface area (Å²) < 4.78 is 74.9. The molecule has 1 aromatic rings. The molecular formula is C19H24F3NO8SSi. The summed E-state index contributed by atoms with van der Waals surface area (Å²) in [5.74, 6) is -3.02. The molecule has 33 heavy (non-hydrogen) atoms. The van der Waals surface area contributed by atoms with E-state index in [1.807, 2.05) is 0 Å². The Morgan fingerprint density at radius 2 is 1.91 bits per heavy atom. The van der Waals surface area contributed by atoms with E-state index in [-0.39, 0.29) is 18.1 Å². The van der Waals surface area contributed by atoms with Gasteiger partial charge in [-0.15, -0.1) is 0 Å². The molecule has 14 heteroatoms. The molecule has 1 heterocycles. The summed E-state index contributed by atoms with van der Waals surface area (Å²) in [5, 5.41) is 9.34. The van der Waals surface area contributed by atoms with Crippen molar-refractivity contribution in [1.29, 1.82) is 0 Å². The summed E-state index contributed by atoms with van der Waals surface area (Å²) in [4.78, 5) is 24.9. The lowest BCUT2D eigenvalue weighted by Gasteiger charge is -2.20. The number of benzene rings is 1. The number of hydrogen-bond acceptors (Lipinski definition) is 7. The van der Waals surface area contributed by atoms with Crippen molar-refractivity contribution in [2.75, 3.05) is 13.4 Å². The zero-order chi connectivity index (χ0) is 25.0. The average molecular weight is 512 g/mol. The second-order valence-electron chi connectivity index (χ2n) is 8.36. The van der Waals surface area contributed by atoms with Crippen LogP contribution in [0.1, 0.15) is 16.8 Å². The molecule has 9 nitrogen and oxygen atoms in total. The Labute approximate surface area is 189 Å². The number of rotatable bonds is 10. The Balaban J connectivity index is 2.12. The lowest BCUT2D eigenvalue weighted by atomic mass is 10.1. The number of nitrogens with zero attached hydrogens (tertiary/aromatic N) is 1. The molecule has 2 rings (SSSR count). The van der Waals surface area contributed by atoms with Crippen LogP contribution in [0.5, 0.6) is 5.75 Å². The second-order valence-corrected chi connectivity index (χ2v) is 15.5. The molecule has 0 bridgehead atoms. The van der Waals surface area contributed by atoms with Crippen LogP contribution in [0.15, 0.2) is 36.2 Å². The predicted molar refractivity (Wildman–Crippen MR) is 112 cm³/mol. The summed E-state index contributed by atoms with van der Waals surface area (Å²) in [5.41, 5.74) is -5.73. The number of aliphatic carboxylic acids is 1. The highest BCUT2D eigenvalue weighted by Crippen LogP contribution is 2.32. The van der Waals surface area contributed by atoms with Crippen LogP contribution < -0.4 is 4.74 Å². The number of ether oxygens (including phenoxy) is 2. The van der Waals surface area contributed by atoms with Crippen molar-refractivity contribution < 1.29 is 49.9 Å². The third-order valence-electron chi connectivity index (χ3n) is 4.42. The predicted octanol–water partition coefficient (Wildman–Crippen LogP) is 3.38. The third kappa shape index (κ3) is 7.47. The number of carboxylic acids is 1. The molecule has 0 unspecified atom stereocenters. The molecule has 0 aliphatic carbocycles. The van der Waals surface area contributed by atoms with Gasteiger partial charge in [-0.05, 0) is 24.2 Å². The number of carbonyl (C=O) groups is 2. The van der Waals surface area contributed by atoms with Crippen molar-refractivity contribution in [2.45, 2.75) is 43.7 Å². The molecule has 0 radical (unpaired) electrons. The maximum atomic E-state index is 12.8. The van der Waals surface area contributed by atoms with Crippen LogP contribution in [0, 0.1) is 0 Å². The van der Waals surface area contributed by atoms with E-state index in [9.17, 15) is 36.3 Å². The molecule has 1 amide bonds. The molecule has 0 spiro atoms. The molecule has 0 fully saturated rings. The highest BCUT2D eigenvalue weighted by Gasteiger charge is 2.50. The Kier molecular flexibility index (Phi) is 8.19. The molecule has 1 aromatic carbocycles. The van der Waals surface area contributed by atoms with E-state index in [1.54, 1.807) is 0 Å². The summed E-state index contributed by atoms with van der Waals surface area (Å²) in [6, 6.07) is 4.94. The van der Waals surface area contributed by atoms with E-state index < -0.39 is 53.8 Å². The van der Waals surface area contributed by atoms with E-state index >= 15 is 0 Å². The lowest BCUT2D eigenvalue weighted by molar-refractivity contribution is -0.141. The van der Waals surface area contributed by atoms with Gasteiger partial charge in [0.15, 0.2) is 6.79 Å². The molecule has 184 valence electrons. The average Bonchev–Trinajstić information content (AvgIpc) is 3.09. The van der Waals surface area contributed by atoms with Crippen molar-refractivity contribution in [3.05, 3.63) is 41.8 Å². The second kappa shape index (κ2) is 10.1. The molecule has 1 atom stereocenters. The Morgan fingerprint density at radius 1 is 1.24 bits per heavy atom. The van der Waals surface area contributed by atoms with Gasteiger partial charge in [0.2, 0.25) is 0 Å². The molecular weight excluding hydrogens is 487 g/mol. The number of halogens is 3. The smallest absolute Gasteiger partial charge is 0.480 e. The Bertz CT molecular complexity index is 1020. The van der Waals surface area contributed by atoms with E-state index in [2.05, 4.69) is 23.8 Å². The monoisotopic (exact) mass is 511 g/mol. The van der Waals surface area contributed by atoms with Gasteiger partial charge in [-0.1, -0.05) is 25.7 Å². The third-order valence-corrected chi connectivity index (χ3v) is 7.12. The highest BCUT2D eigenvalue weighted by atomic mass is 32.2. The number of amides is 1. The summed E-state index contributed by atoms with van der Waals surface area (Å²) in [7, 11) is -7.27. The standard InChI is InChI=1S/C19H24F3NO8SSi/c1-33(2,3)8-7-29-12-30-14-6-4-5-13(9-14)17(24)23-11-15(10-16(23)18(25)26)31-32(27,28)19(20,21)22/h4-6,9,11,16H,7-8,10,12H2,1-3H3,(H,25,26)/t16-/m0/s1. The van der Waals surface area contributed by atoms with Crippen molar-refractivity contribution in [3.63, 3.8) is 0 Å². The number of hydrogen-bond donors (Lipinski definition) is 1.